The molecule has 0 amide bonds. The van der Waals surface area contributed by atoms with Crippen molar-refractivity contribution in [1.29, 1.82) is 5.26 Å². The van der Waals surface area contributed by atoms with Crippen molar-refractivity contribution in [1.82, 2.24) is 0 Å². The quantitative estimate of drug-likeness (QED) is 0.492. The van der Waals surface area contributed by atoms with Crippen molar-refractivity contribution in [3.63, 3.8) is 0 Å². The third-order valence-corrected chi connectivity index (χ3v) is 4.58. The van der Waals surface area contributed by atoms with E-state index >= 15 is 0 Å². The molecule has 0 bridgehead atoms. The zero-order valence-electron chi connectivity index (χ0n) is 22.8. The highest BCUT2D eigenvalue weighted by atomic mass is 16.5. The minimum Gasteiger partial charge on any atom is -0.497 e. The molecule has 0 aliphatic heterocycles. The topological polar surface area (TPSA) is 68.3 Å². The lowest BCUT2D eigenvalue weighted by Gasteiger charge is -2.07. The Morgan fingerprint density at radius 1 is 0.833 bits per heavy atom. The zero-order valence-corrected chi connectivity index (χ0v) is 16.8. The van der Waals surface area contributed by atoms with Crippen LogP contribution in [0.4, 0.5) is 0 Å². The second-order valence-electron chi connectivity index (χ2n) is 6.29. The predicted octanol–water partition coefficient (Wildman–Crippen LogP) is 5.26. The lowest BCUT2D eigenvalue weighted by molar-refractivity contribution is 0.415. The molecule has 0 radical (unpaired) electrons. The lowest BCUT2D eigenvalue weighted by atomic mass is 10.0. The van der Waals surface area contributed by atoms with Crippen molar-refractivity contribution >= 4 is 21.5 Å². The summed E-state index contributed by atoms with van der Waals surface area (Å²) in [5.41, 5.74) is 5.92. The monoisotopic (exact) mass is 404 g/mol. The van der Waals surface area contributed by atoms with Crippen LogP contribution in [0, 0.1) is 11.3 Å². The number of hydrogen-bond donors (Lipinski definition) is 1. The van der Waals surface area contributed by atoms with Gasteiger partial charge in [-0.1, -0.05) is 48.5 Å². The van der Waals surface area contributed by atoms with Crippen LogP contribution in [0.25, 0.3) is 21.5 Å². The van der Waals surface area contributed by atoms with E-state index in [9.17, 15) is 0 Å². The Bertz CT molecular complexity index is 1430. The van der Waals surface area contributed by atoms with Gasteiger partial charge in [-0.2, -0.15) is 5.26 Å². The van der Waals surface area contributed by atoms with Crippen LogP contribution in [0.2, 0.25) is 0 Å². The number of ether oxygens (including phenoxy) is 2. The lowest BCUT2D eigenvalue weighted by Crippen LogP contribution is -2.03. The Balaban J connectivity index is 0.000000202. The van der Waals surface area contributed by atoms with Gasteiger partial charge in [0.05, 0.1) is 26.7 Å². The van der Waals surface area contributed by atoms with Gasteiger partial charge in [-0.25, -0.2) is 0 Å². The van der Waals surface area contributed by atoms with E-state index < -0.39 is 19.2 Å². The van der Waals surface area contributed by atoms with Crippen LogP contribution in [-0.2, 0) is 12.7 Å². The number of nitrogens with two attached hydrogens (primary N) is 1. The van der Waals surface area contributed by atoms with E-state index in [4.69, 9.17) is 28.7 Å². The average Bonchev–Trinajstić information content (AvgIpc) is 2.86. The molecule has 0 unspecified atom stereocenters. The summed E-state index contributed by atoms with van der Waals surface area (Å²) in [4.78, 5) is 0. The maximum Gasteiger partial charge on any atom is 0.119 e. The fraction of sp³-hybridized carbons (Fsp3) is 0.192. The van der Waals surface area contributed by atoms with Gasteiger partial charge in [-0.3, -0.25) is 0 Å². The minimum absolute atomic E-state index is 0.219. The third kappa shape index (κ3) is 4.89. The molecule has 30 heavy (non-hydrogen) atoms. The van der Waals surface area contributed by atoms with Gasteiger partial charge in [-0.15, -0.1) is 0 Å². The SMILES string of the molecule is [2H]C([2H])(C#N)c1cccc2ccc(OC)cc12.[2H]C([2H])(N)C([2H])([2H])c1cccc2ccc(OC)cc12. The second-order valence-corrected chi connectivity index (χ2v) is 6.29. The Morgan fingerprint density at radius 2 is 1.37 bits per heavy atom. The van der Waals surface area contributed by atoms with Crippen LogP contribution in [0.1, 0.15) is 19.4 Å². The molecule has 4 nitrogen and oxygen atoms in total. The first-order valence-corrected chi connectivity index (χ1v) is 9.20. The molecule has 2 N–H and O–H groups in total. The molecule has 4 heteroatoms. The van der Waals surface area contributed by atoms with Gasteiger partial charge >= 0.3 is 0 Å². The number of fused-ring (bicyclic) bond motifs is 2. The summed E-state index contributed by atoms with van der Waals surface area (Å²) in [6.07, 6.45) is -4.29. The van der Waals surface area contributed by atoms with E-state index in [1.165, 1.54) is 7.11 Å². The van der Waals surface area contributed by atoms with Gasteiger partial charge in [-0.05, 0) is 69.8 Å². The highest BCUT2D eigenvalue weighted by Crippen LogP contribution is 2.25. The number of aryl methyl sites for hydroxylation is 1. The minimum atomic E-state index is -2.47. The molecule has 4 aromatic rings. The van der Waals surface area contributed by atoms with E-state index in [1.54, 1.807) is 61.7 Å². The molecule has 0 fully saturated rings. The molecule has 4 rings (SSSR count). The molecule has 0 aliphatic carbocycles. The molecule has 0 spiro atoms. The number of hydrogen-bond acceptors (Lipinski definition) is 4. The molecule has 0 saturated heterocycles. The standard InChI is InChI=1S/C13H15NO.C13H11NO/c2*1-15-12-6-5-10-3-2-4-11(7-8-14)13(10)9-12/h2-6,9H,7-8,14H2,1H3;2-6,9H,7H2,1H3/i7D2,8D2;7D2. The summed E-state index contributed by atoms with van der Waals surface area (Å²) in [7, 11) is 3.09. The highest BCUT2D eigenvalue weighted by molar-refractivity contribution is 5.88. The van der Waals surface area contributed by atoms with Crippen LogP contribution in [-0.4, -0.2) is 20.7 Å². The molecule has 0 aromatic heterocycles. The Kier molecular flexibility index (Phi) is 4.95. The number of rotatable bonds is 5. The second kappa shape index (κ2) is 10.3. The van der Waals surface area contributed by atoms with Crippen molar-refractivity contribution in [3.05, 3.63) is 83.9 Å². The van der Waals surface area contributed by atoms with Crippen molar-refractivity contribution in [2.24, 2.45) is 5.73 Å². The van der Waals surface area contributed by atoms with Crippen LogP contribution < -0.4 is 15.2 Å². The highest BCUT2D eigenvalue weighted by Gasteiger charge is 2.02. The van der Waals surface area contributed by atoms with Crippen LogP contribution in [0.3, 0.4) is 0 Å². The van der Waals surface area contributed by atoms with Gasteiger partial charge in [0.2, 0.25) is 0 Å². The van der Waals surface area contributed by atoms with Gasteiger partial charge in [0.1, 0.15) is 11.5 Å². The smallest absolute Gasteiger partial charge is 0.119 e. The largest absolute Gasteiger partial charge is 0.497 e. The first-order valence-electron chi connectivity index (χ1n) is 12.2. The molecular weight excluding hydrogens is 372 g/mol. The molecule has 0 heterocycles. The first-order chi connectivity index (χ1) is 16.9. The summed E-state index contributed by atoms with van der Waals surface area (Å²) >= 11 is 0. The van der Waals surface area contributed by atoms with Gasteiger partial charge < -0.3 is 15.2 Å². The van der Waals surface area contributed by atoms with Crippen LogP contribution in [0.15, 0.2) is 72.8 Å². The maximum atomic E-state index is 8.88. The zero-order chi connectivity index (χ0) is 26.7. The molecule has 0 aliphatic rings. The van der Waals surface area contributed by atoms with E-state index in [0.717, 1.165) is 10.8 Å². The van der Waals surface area contributed by atoms with E-state index in [2.05, 4.69) is 0 Å². The van der Waals surface area contributed by atoms with Crippen molar-refractivity contribution in [3.8, 4) is 17.6 Å². The number of nitrogens with zero attached hydrogens (tertiary/aromatic N) is 1. The third-order valence-electron chi connectivity index (χ3n) is 4.58. The number of nitriles is 1. The molecule has 152 valence electrons. The molecule has 0 saturated carbocycles. The molecule has 0 atom stereocenters. The van der Waals surface area contributed by atoms with Gasteiger partial charge in [0.25, 0.3) is 0 Å². The summed E-state index contributed by atoms with van der Waals surface area (Å²) in [5, 5.41) is 11.9. The van der Waals surface area contributed by atoms with E-state index in [1.807, 2.05) is 24.3 Å². The summed E-state index contributed by atoms with van der Waals surface area (Å²) in [6.45, 7) is -2.47. The number of benzene rings is 4. The summed E-state index contributed by atoms with van der Waals surface area (Å²) in [5.74, 6) is 1.24. The predicted molar refractivity (Wildman–Crippen MR) is 123 cm³/mol. The normalized spacial score (nSPS) is 14.6. The van der Waals surface area contributed by atoms with E-state index in [0.29, 0.717) is 27.8 Å². The first kappa shape index (κ1) is 14.4. The Morgan fingerprint density at radius 3 is 1.87 bits per heavy atom. The summed E-state index contributed by atoms with van der Waals surface area (Å²) in [6, 6.07) is 22.7. The number of methoxy groups -OCH3 is 2. The fourth-order valence-corrected chi connectivity index (χ4v) is 3.11. The molecular formula is C26H26N2O2. The van der Waals surface area contributed by atoms with Crippen molar-refractivity contribution < 1.29 is 17.7 Å². The van der Waals surface area contributed by atoms with Gasteiger partial charge in [0, 0.05) is 8.22 Å². The average molecular weight is 405 g/mol. The Labute approximate surface area is 185 Å². The van der Waals surface area contributed by atoms with Crippen molar-refractivity contribution in [2.75, 3.05) is 20.7 Å². The van der Waals surface area contributed by atoms with Crippen LogP contribution in [0.5, 0.6) is 11.5 Å². The maximum absolute atomic E-state index is 8.88. The molecule has 4 aromatic carbocycles. The van der Waals surface area contributed by atoms with Crippen LogP contribution >= 0.6 is 0 Å². The fourth-order valence-electron chi connectivity index (χ4n) is 3.11. The van der Waals surface area contributed by atoms with Crippen molar-refractivity contribution in [2.45, 2.75) is 12.7 Å². The Hall–Kier alpha value is -3.55. The van der Waals surface area contributed by atoms with Gasteiger partial charge in [0.15, 0.2) is 0 Å². The summed E-state index contributed by atoms with van der Waals surface area (Å²) < 4.78 is 56.5. The van der Waals surface area contributed by atoms with E-state index in [-0.39, 0.29) is 5.56 Å².